The Labute approximate surface area is 129 Å². The summed E-state index contributed by atoms with van der Waals surface area (Å²) in [7, 11) is 0. The molecule has 2 fully saturated rings. The van der Waals surface area contributed by atoms with E-state index in [1.165, 1.54) is 6.42 Å². The Morgan fingerprint density at radius 2 is 2.09 bits per heavy atom. The van der Waals surface area contributed by atoms with Crippen molar-refractivity contribution in [3.8, 4) is 0 Å². The lowest BCUT2D eigenvalue weighted by atomic mass is 9.60. The molecule has 2 heterocycles. The number of rotatable bonds is 3. The molecule has 5 heteroatoms. The Balaban J connectivity index is 1.42. The molecule has 1 aromatic carbocycles. The van der Waals surface area contributed by atoms with E-state index < -0.39 is 0 Å². The van der Waals surface area contributed by atoms with Crippen molar-refractivity contribution in [1.82, 2.24) is 10.5 Å². The number of nitrogens with zero attached hydrogens (tertiary/aromatic N) is 1. The molecule has 5 nitrogen and oxygen atoms in total. The van der Waals surface area contributed by atoms with Crippen LogP contribution in [0.3, 0.4) is 0 Å². The van der Waals surface area contributed by atoms with E-state index in [4.69, 9.17) is 9.26 Å². The predicted molar refractivity (Wildman–Crippen MR) is 81.4 cm³/mol. The van der Waals surface area contributed by atoms with Crippen LogP contribution in [0.4, 0.5) is 0 Å². The van der Waals surface area contributed by atoms with Crippen molar-refractivity contribution in [3.63, 3.8) is 0 Å². The first kappa shape index (κ1) is 13.8. The highest BCUT2D eigenvalue weighted by Gasteiger charge is 2.47. The maximum Gasteiger partial charge on any atom is 0.226 e. The summed E-state index contributed by atoms with van der Waals surface area (Å²) in [6.45, 7) is 1.64. The lowest BCUT2D eigenvalue weighted by molar-refractivity contribution is -0.126. The number of hydrogen-bond acceptors (Lipinski definition) is 4. The van der Waals surface area contributed by atoms with E-state index in [2.05, 4.69) is 10.5 Å². The normalized spacial score (nSPS) is 23.4. The largest absolute Gasteiger partial charge is 0.381 e. The summed E-state index contributed by atoms with van der Waals surface area (Å²) in [4.78, 5) is 12.4. The molecule has 2 aromatic rings. The van der Waals surface area contributed by atoms with Gasteiger partial charge in [-0.2, -0.15) is 0 Å². The van der Waals surface area contributed by atoms with Crippen LogP contribution in [-0.2, 0) is 16.0 Å². The first-order chi connectivity index (χ1) is 10.8. The van der Waals surface area contributed by atoms with Gasteiger partial charge in [0.1, 0.15) is 5.69 Å². The molecule has 1 N–H and O–H groups in total. The maximum absolute atomic E-state index is 12.4. The number of ether oxygens (including phenoxy) is 1. The molecule has 1 saturated carbocycles. The van der Waals surface area contributed by atoms with E-state index in [1.807, 2.05) is 24.3 Å². The lowest BCUT2D eigenvalue weighted by Crippen LogP contribution is -2.57. The zero-order valence-electron chi connectivity index (χ0n) is 12.5. The van der Waals surface area contributed by atoms with Crippen LogP contribution < -0.4 is 5.32 Å². The zero-order chi connectivity index (χ0) is 15.0. The van der Waals surface area contributed by atoms with E-state index in [9.17, 15) is 4.79 Å². The molecule has 22 heavy (non-hydrogen) atoms. The van der Waals surface area contributed by atoms with Gasteiger partial charge >= 0.3 is 0 Å². The number of aromatic nitrogens is 1. The van der Waals surface area contributed by atoms with Crippen LogP contribution in [0.2, 0.25) is 0 Å². The Morgan fingerprint density at radius 3 is 2.86 bits per heavy atom. The van der Waals surface area contributed by atoms with Crippen molar-refractivity contribution >= 4 is 16.9 Å². The third-order valence-electron chi connectivity index (χ3n) is 5.27. The SMILES string of the molecule is O=C(Cc1noc2ccccc12)NC1CCC12CCOCC2. The maximum atomic E-state index is 12.4. The summed E-state index contributed by atoms with van der Waals surface area (Å²) in [6, 6.07) is 7.94. The van der Waals surface area contributed by atoms with E-state index in [1.54, 1.807) is 0 Å². The van der Waals surface area contributed by atoms with Crippen LogP contribution in [0.15, 0.2) is 28.8 Å². The number of para-hydroxylation sites is 1. The summed E-state index contributed by atoms with van der Waals surface area (Å²) in [5.74, 6) is 0.0367. The topological polar surface area (TPSA) is 64.4 Å². The average molecular weight is 300 g/mol. The van der Waals surface area contributed by atoms with Crippen molar-refractivity contribution in [2.45, 2.75) is 38.1 Å². The van der Waals surface area contributed by atoms with Gasteiger partial charge in [0.2, 0.25) is 5.91 Å². The van der Waals surface area contributed by atoms with Crippen LogP contribution in [0.1, 0.15) is 31.4 Å². The monoisotopic (exact) mass is 300 g/mol. The second kappa shape index (κ2) is 5.39. The summed E-state index contributed by atoms with van der Waals surface area (Å²) < 4.78 is 10.7. The standard InChI is InChI=1S/C17H20N2O3/c20-16(11-13-12-3-1-2-4-14(12)22-19-13)18-15-5-6-17(15)7-9-21-10-8-17/h1-4,15H,5-11H2,(H,18,20). The average Bonchev–Trinajstić information content (AvgIpc) is 2.96. The molecule has 116 valence electrons. The van der Waals surface area contributed by atoms with E-state index in [-0.39, 0.29) is 17.7 Å². The van der Waals surface area contributed by atoms with Gasteiger partial charge in [0.15, 0.2) is 5.58 Å². The van der Waals surface area contributed by atoms with Crippen molar-refractivity contribution in [2.75, 3.05) is 13.2 Å². The molecule has 1 aliphatic carbocycles. The van der Waals surface area contributed by atoms with Gasteiger partial charge in [-0.3, -0.25) is 4.79 Å². The van der Waals surface area contributed by atoms with E-state index >= 15 is 0 Å². The minimum atomic E-state index is 0.0367. The van der Waals surface area contributed by atoms with Crippen molar-refractivity contribution in [2.24, 2.45) is 5.41 Å². The third-order valence-corrected chi connectivity index (χ3v) is 5.27. The number of benzene rings is 1. The fourth-order valence-electron chi connectivity index (χ4n) is 3.76. The molecule has 1 amide bonds. The minimum absolute atomic E-state index is 0.0367. The third kappa shape index (κ3) is 2.29. The fraction of sp³-hybridized carbons (Fsp3) is 0.529. The molecule has 1 spiro atoms. The molecular weight excluding hydrogens is 280 g/mol. The molecular formula is C17H20N2O3. The van der Waals surface area contributed by atoms with Gasteiger partial charge in [-0.05, 0) is 43.2 Å². The first-order valence-electron chi connectivity index (χ1n) is 7.97. The van der Waals surface area contributed by atoms with Gasteiger partial charge in [-0.15, -0.1) is 0 Å². The Morgan fingerprint density at radius 1 is 1.27 bits per heavy atom. The number of amides is 1. The van der Waals surface area contributed by atoms with Crippen LogP contribution in [0, 0.1) is 5.41 Å². The van der Waals surface area contributed by atoms with Gasteiger partial charge in [-0.1, -0.05) is 17.3 Å². The molecule has 0 radical (unpaired) electrons. The van der Waals surface area contributed by atoms with Gasteiger partial charge in [0.05, 0.1) is 6.42 Å². The second-order valence-electron chi connectivity index (χ2n) is 6.44. The lowest BCUT2D eigenvalue weighted by Gasteiger charge is -2.52. The quantitative estimate of drug-likeness (QED) is 0.945. The molecule has 4 rings (SSSR count). The van der Waals surface area contributed by atoms with Gasteiger partial charge in [0, 0.05) is 24.6 Å². The highest BCUT2D eigenvalue weighted by molar-refractivity contribution is 5.86. The van der Waals surface area contributed by atoms with Gasteiger partial charge in [-0.25, -0.2) is 0 Å². The second-order valence-corrected chi connectivity index (χ2v) is 6.44. The number of carbonyl (C=O) groups is 1. The molecule has 2 aliphatic rings. The van der Waals surface area contributed by atoms with Crippen LogP contribution in [0.5, 0.6) is 0 Å². The van der Waals surface area contributed by atoms with Crippen molar-refractivity contribution < 1.29 is 14.1 Å². The summed E-state index contributed by atoms with van der Waals surface area (Å²) >= 11 is 0. The van der Waals surface area contributed by atoms with Crippen LogP contribution in [0.25, 0.3) is 11.0 Å². The Kier molecular flexibility index (Phi) is 3.37. The van der Waals surface area contributed by atoms with Crippen LogP contribution >= 0.6 is 0 Å². The highest BCUT2D eigenvalue weighted by Crippen LogP contribution is 2.48. The number of nitrogens with one attached hydrogen (secondary N) is 1. The van der Waals surface area contributed by atoms with Crippen molar-refractivity contribution in [3.05, 3.63) is 30.0 Å². The van der Waals surface area contributed by atoms with Gasteiger partial charge < -0.3 is 14.6 Å². The molecule has 0 bridgehead atoms. The Hall–Kier alpha value is -1.88. The summed E-state index contributed by atoms with van der Waals surface area (Å²) in [6.07, 6.45) is 4.68. The zero-order valence-corrected chi connectivity index (χ0v) is 12.5. The molecule has 1 aliphatic heterocycles. The summed E-state index contributed by atoms with van der Waals surface area (Å²) in [5, 5.41) is 8.16. The first-order valence-corrected chi connectivity index (χ1v) is 7.97. The highest BCUT2D eigenvalue weighted by atomic mass is 16.5. The molecule has 1 aromatic heterocycles. The number of carbonyl (C=O) groups excluding carboxylic acids is 1. The van der Waals surface area contributed by atoms with Crippen molar-refractivity contribution in [1.29, 1.82) is 0 Å². The summed E-state index contributed by atoms with van der Waals surface area (Å²) in [5.41, 5.74) is 1.73. The predicted octanol–water partition coefficient (Wildman–Crippen LogP) is 2.45. The van der Waals surface area contributed by atoms with Crippen LogP contribution in [-0.4, -0.2) is 30.3 Å². The fourth-order valence-corrected chi connectivity index (χ4v) is 3.76. The number of hydrogen-bond donors (Lipinski definition) is 1. The molecule has 1 saturated heterocycles. The number of fused-ring (bicyclic) bond motifs is 1. The molecule has 1 unspecified atom stereocenters. The minimum Gasteiger partial charge on any atom is -0.381 e. The van der Waals surface area contributed by atoms with E-state index in [0.717, 1.165) is 43.4 Å². The Bertz CT molecular complexity index is 688. The smallest absolute Gasteiger partial charge is 0.226 e. The molecule has 1 atom stereocenters. The van der Waals surface area contributed by atoms with Gasteiger partial charge in [0.25, 0.3) is 0 Å². The van der Waals surface area contributed by atoms with E-state index in [0.29, 0.717) is 11.7 Å².